The lowest BCUT2D eigenvalue weighted by Crippen LogP contribution is -2.49. The number of hydrogen-bond acceptors (Lipinski definition) is 4. The Hall–Kier alpha value is -2.58. The highest BCUT2D eigenvalue weighted by Crippen LogP contribution is 2.24. The van der Waals surface area contributed by atoms with E-state index < -0.39 is 16.1 Å². The summed E-state index contributed by atoms with van der Waals surface area (Å²) in [5, 5.41) is 3.41. The molecule has 0 heterocycles. The quantitative estimate of drug-likeness (QED) is 0.419. The highest BCUT2D eigenvalue weighted by molar-refractivity contribution is 7.92. The summed E-state index contributed by atoms with van der Waals surface area (Å²) in [5.74, 6) is -0.422. The highest BCUT2D eigenvalue weighted by Gasteiger charge is 2.29. The molecule has 0 saturated carbocycles. The molecule has 0 aliphatic heterocycles. The molecular weight excluding hydrogens is 486 g/mol. The number of hydrogen-bond donors (Lipinski definition) is 1. The van der Waals surface area contributed by atoms with Crippen molar-refractivity contribution < 1.29 is 18.0 Å². The molecule has 35 heavy (non-hydrogen) atoms. The minimum Gasteiger partial charge on any atom is -0.354 e. The van der Waals surface area contributed by atoms with Crippen molar-refractivity contribution in [1.82, 2.24) is 10.2 Å². The number of anilines is 1. The monoisotopic (exact) mass is 521 g/mol. The fourth-order valence-corrected chi connectivity index (χ4v) is 5.14. The number of sulfonamides is 1. The minimum atomic E-state index is -3.53. The van der Waals surface area contributed by atoms with E-state index in [1.165, 1.54) is 4.31 Å². The van der Waals surface area contributed by atoms with Crippen LogP contribution in [0.1, 0.15) is 50.7 Å². The Bertz CT molecular complexity index is 1110. The SMILES string of the molecule is CCCNC(=O)[C@H](CC)N(Cc1ccccc1Cl)C(=O)CCCN(c1ccccc1C)S(C)(=O)=O. The van der Waals surface area contributed by atoms with Crippen LogP contribution in [0.2, 0.25) is 5.02 Å². The number of rotatable bonds is 13. The Labute approximate surface area is 214 Å². The summed E-state index contributed by atoms with van der Waals surface area (Å²) in [5.41, 5.74) is 2.19. The molecule has 2 rings (SSSR count). The van der Waals surface area contributed by atoms with Crippen molar-refractivity contribution in [1.29, 1.82) is 0 Å². The van der Waals surface area contributed by atoms with Gasteiger partial charge in [0.05, 0.1) is 11.9 Å². The normalized spacial score (nSPS) is 12.1. The second-order valence-electron chi connectivity index (χ2n) is 8.55. The summed E-state index contributed by atoms with van der Waals surface area (Å²) in [4.78, 5) is 27.8. The van der Waals surface area contributed by atoms with Gasteiger partial charge in [-0.15, -0.1) is 0 Å². The number of amides is 2. The molecule has 9 heteroatoms. The Balaban J connectivity index is 2.22. The predicted octanol–water partition coefficient (Wildman–Crippen LogP) is 4.53. The summed E-state index contributed by atoms with van der Waals surface area (Å²) >= 11 is 6.35. The van der Waals surface area contributed by atoms with Crippen LogP contribution in [0.5, 0.6) is 0 Å². The molecule has 0 aliphatic carbocycles. The number of benzene rings is 2. The van der Waals surface area contributed by atoms with Gasteiger partial charge in [-0.2, -0.15) is 0 Å². The maximum atomic E-state index is 13.4. The van der Waals surface area contributed by atoms with Gasteiger partial charge in [0.2, 0.25) is 21.8 Å². The van der Waals surface area contributed by atoms with Gasteiger partial charge in [0.25, 0.3) is 0 Å². The number of para-hydroxylation sites is 1. The van der Waals surface area contributed by atoms with Crippen molar-refractivity contribution in [2.24, 2.45) is 0 Å². The van der Waals surface area contributed by atoms with Gasteiger partial charge in [-0.25, -0.2) is 8.42 Å². The van der Waals surface area contributed by atoms with E-state index in [9.17, 15) is 18.0 Å². The molecule has 1 atom stereocenters. The van der Waals surface area contributed by atoms with Crippen molar-refractivity contribution in [2.75, 3.05) is 23.7 Å². The molecule has 2 amide bonds. The van der Waals surface area contributed by atoms with Gasteiger partial charge in [-0.05, 0) is 49.4 Å². The topological polar surface area (TPSA) is 86.8 Å². The molecule has 1 N–H and O–H groups in total. The van der Waals surface area contributed by atoms with Crippen LogP contribution in [-0.4, -0.2) is 50.5 Å². The Morgan fingerprint density at radius 2 is 1.71 bits per heavy atom. The van der Waals surface area contributed by atoms with Crippen molar-refractivity contribution in [2.45, 2.75) is 59.0 Å². The fraction of sp³-hybridized carbons (Fsp3) is 0.462. The van der Waals surface area contributed by atoms with E-state index in [0.29, 0.717) is 30.1 Å². The van der Waals surface area contributed by atoms with Crippen LogP contribution in [0, 0.1) is 6.92 Å². The molecule has 0 radical (unpaired) electrons. The van der Waals surface area contributed by atoms with E-state index in [0.717, 1.165) is 23.8 Å². The van der Waals surface area contributed by atoms with Crippen molar-refractivity contribution in [3.8, 4) is 0 Å². The predicted molar refractivity (Wildman–Crippen MR) is 142 cm³/mol. The summed E-state index contributed by atoms with van der Waals surface area (Å²) < 4.78 is 26.3. The van der Waals surface area contributed by atoms with E-state index in [2.05, 4.69) is 5.32 Å². The zero-order valence-electron chi connectivity index (χ0n) is 21.0. The van der Waals surface area contributed by atoms with Crippen LogP contribution >= 0.6 is 11.6 Å². The molecule has 0 bridgehead atoms. The number of aryl methyl sites for hydroxylation is 1. The first-order valence-corrected chi connectivity index (χ1v) is 14.2. The molecule has 0 aliphatic rings. The summed E-state index contributed by atoms with van der Waals surface area (Å²) in [7, 11) is -3.53. The largest absolute Gasteiger partial charge is 0.354 e. The Morgan fingerprint density at radius 1 is 1.06 bits per heavy atom. The molecule has 7 nitrogen and oxygen atoms in total. The van der Waals surface area contributed by atoms with E-state index in [1.54, 1.807) is 23.1 Å². The third kappa shape index (κ3) is 8.25. The van der Waals surface area contributed by atoms with E-state index >= 15 is 0 Å². The van der Waals surface area contributed by atoms with Gasteiger partial charge in [0, 0.05) is 31.1 Å². The minimum absolute atomic E-state index is 0.0971. The van der Waals surface area contributed by atoms with Crippen LogP contribution in [0.25, 0.3) is 0 Å². The lowest BCUT2D eigenvalue weighted by Gasteiger charge is -2.31. The molecular formula is C26H36ClN3O4S. The molecule has 0 saturated heterocycles. The standard InChI is InChI=1S/C26H36ClN3O4S/c1-5-17-28-26(32)23(6-2)29(19-21-13-8-9-14-22(21)27)25(31)16-11-18-30(35(4,33)34)24-15-10-7-12-20(24)3/h7-10,12-15,23H,5-6,11,16-19H2,1-4H3,(H,28,32)/t23-/m0/s1. The van der Waals surface area contributed by atoms with Gasteiger partial charge in [0.15, 0.2) is 0 Å². The smallest absolute Gasteiger partial charge is 0.242 e. The van der Waals surface area contributed by atoms with E-state index in [4.69, 9.17) is 11.6 Å². The molecule has 192 valence electrons. The van der Waals surface area contributed by atoms with Crippen LogP contribution in [0.15, 0.2) is 48.5 Å². The zero-order valence-corrected chi connectivity index (χ0v) is 22.5. The number of halogens is 1. The van der Waals surface area contributed by atoms with E-state index in [1.807, 2.05) is 51.1 Å². The summed E-state index contributed by atoms with van der Waals surface area (Å²) in [6.45, 7) is 6.58. The number of nitrogens with zero attached hydrogens (tertiary/aromatic N) is 2. The summed E-state index contributed by atoms with van der Waals surface area (Å²) in [6.07, 6.45) is 2.81. The van der Waals surface area contributed by atoms with Gasteiger partial charge >= 0.3 is 0 Å². The van der Waals surface area contributed by atoms with Crippen molar-refractivity contribution in [3.63, 3.8) is 0 Å². The van der Waals surface area contributed by atoms with Gasteiger partial charge in [0.1, 0.15) is 6.04 Å². The third-order valence-electron chi connectivity index (χ3n) is 5.77. The number of carbonyl (C=O) groups excluding carboxylic acids is 2. The van der Waals surface area contributed by atoms with Gasteiger partial charge < -0.3 is 10.2 Å². The highest BCUT2D eigenvalue weighted by atomic mass is 35.5. The molecule has 0 spiro atoms. The molecule has 0 fully saturated rings. The van der Waals surface area contributed by atoms with Crippen LogP contribution in [0.3, 0.4) is 0 Å². The maximum absolute atomic E-state index is 13.4. The lowest BCUT2D eigenvalue weighted by molar-refractivity contribution is -0.141. The zero-order chi connectivity index (χ0) is 26.0. The van der Waals surface area contributed by atoms with Gasteiger partial charge in [-0.3, -0.25) is 13.9 Å². The fourth-order valence-electron chi connectivity index (χ4n) is 3.92. The summed E-state index contributed by atoms with van der Waals surface area (Å²) in [6, 6.07) is 13.8. The molecule has 2 aromatic rings. The number of carbonyl (C=O) groups is 2. The Kier molecular flexibility index (Phi) is 11.0. The van der Waals surface area contributed by atoms with Gasteiger partial charge in [-0.1, -0.05) is 61.8 Å². The van der Waals surface area contributed by atoms with Crippen molar-refractivity contribution in [3.05, 3.63) is 64.7 Å². The van der Waals surface area contributed by atoms with E-state index in [-0.39, 0.29) is 31.3 Å². The first-order chi connectivity index (χ1) is 16.6. The second-order valence-corrected chi connectivity index (χ2v) is 10.9. The second kappa shape index (κ2) is 13.5. The number of nitrogens with one attached hydrogen (secondary N) is 1. The average Bonchev–Trinajstić information content (AvgIpc) is 2.81. The maximum Gasteiger partial charge on any atom is 0.242 e. The van der Waals surface area contributed by atoms with Crippen molar-refractivity contribution >= 4 is 39.1 Å². The molecule has 2 aromatic carbocycles. The molecule has 0 unspecified atom stereocenters. The third-order valence-corrected chi connectivity index (χ3v) is 7.32. The first kappa shape index (κ1) is 28.7. The first-order valence-electron chi connectivity index (χ1n) is 11.9. The molecule has 0 aromatic heterocycles. The van der Waals surface area contributed by atoms with Crippen LogP contribution < -0.4 is 9.62 Å². The van der Waals surface area contributed by atoms with Crippen LogP contribution in [-0.2, 0) is 26.2 Å². The lowest BCUT2D eigenvalue weighted by atomic mass is 10.1. The van der Waals surface area contributed by atoms with Crippen LogP contribution in [0.4, 0.5) is 5.69 Å². The average molecular weight is 522 g/mol. The Morgan fingerprint density at radius 3 is 2.31 bits per heavy atom.